The highest BCUT2D eigenvalue weighted by atomic mass is 19.1. The Morgan fingerprint density at radius 1 is 1.28 bits per heavy atom. The summed E-state index contributed by atoms with van der Waals surface area (Å²) >= 11 is 0. The topological polar surface area (TPSA) is 15.3 Å². The van der Waals surface area contributed by atoms with Gasteiger partial charge in [-0.05, 0) is 50.6 Å². The fraction of sp³-hybridized carbons (Fsp3) is 0.600. The maximum atomic E-state index is 13.4. The van der Waals surface area contributed by atoms with Gasteiger partial charge in [-0.1, -0.05) is 13.8 Å². The Morgan fingerprint density at radius 2 is 2.00 bits per heavy atom. The van der Waals surface area contributed by atoms with Crippen LogP contribution in [0.25, 0.3) is 0 Å². The van der Waals surface area contributed by atoms with Crippen LogP contribution in [-0.4, -0.2) is 19.1 Å². The number of hydrogen-bond acceptors (Lipinski definition) is 2. The van der Waals surface area contributed by atoms with Crippen LogP contribution in [-0.2, 0) is 6.54 Å². The van der Waals surface area contributed by atoms with E-state index >= 15 is 0 Å². The highest BCUT2D eigenvalue weighted by molar-refractivity contribution is 5.54. The molecule has 0 saturated carbocycles. The van der Waals surface area contributed by atoms with Gasteiger partial charge in [0, 0.05) is 24.8 Å². The van der Waals surface area contributed by atoms with E-state index in [2.05, 4.69) is 37.9 Å². The minimum atomic E-state index is -0.160. The van der Waals surface area contributed by atoms with Gasteiger partial charge < -0.3 is 10.2 Å². The maximum absolute atomic E-state index is 13.4. The van der Waals surface area contributed by atoms with Gasteiger partial charge in [-0.3, -0.25) is 0 Å². The van der Waals surface area contributed by atoms with Crippen molar-refractivity contribution in [3.05, 3.63) is 29.6 Å². The van der Waals surface area contributed by atoms with E-state index in [1.54, 1.807) is 12.1 Å². The highest BCUT2D eigenvalue weighted by Crippen LogP contribution is 2.24. The molecule has 1 N–H and O–H groups in total. The van der Waals surface area contributed by atoms with Crippen LogP contribution in [0.15, 0.2) is 18.2 Å². The van der Waals surface area contributed by atoms with E-state index in [0.29, 0.717) is 6.04 Å². The van der Waals surface area contributed by atoms with Crippen molar-refractivity contribution in [2.24, 2.45) is 0 Å². The molecule has 0 bridgehead atoms. The standard InChI is InChI=1S/C15H25FN2/c1-5-12(4)18(7-3)15-9-8-14(16)10-13(15)11-17-6-2/h8-10,12,17H,5-7,11H2,1-4H3. The van der Waals surface area contributed by atoms with Crippen LogP contribution in [0.1, 0.15) is 39.7 Å². The summed E-state index contributed by atoms with van der Waals surface area (Å²) in [5, 5.41) is 3.27. The maximum Gasteiger partial charge on any atom is 0.123 e. The van der Waals surface area contributed by atoms with Crippen molar-refractivity contribution in [3.63, 3.8) is 0 Å². The Balaban J connectivity index is 3.04. The molecule has 0 amide bonds. The van der Waals surface area contributed by atoms with E-state index in [1.165, 1.54) is 0 Å². The summed E-state index contributed by atoms with van der Waals surface area (Å²) < 4.78 is 13.4. The molecule has 0 aliphatic rings. The van der Waals surface area contributed by atoms with Crippen molar-refractivity contribution in [2.75, 3.05) is 18.0 Å². The molecule has 18 heavy (non-hydrogen) atoms. The molecule has 1 unspecified atom stereocenters. The van der Waals surface area contributed by atoms with Crippen molar-refractivity contribution in [2.45, 2.75) is 46.7 Å². The van der Waals surface area contributed by atoms with Gasteiger partial charge in [0.1, 0.15) is 5.82 Å². The SMILES string of the molecule is CCNCc1cc(F)ccc1N(CC)C(C)CC. The molecule has 0 heterocycles. The predicted molar refractivity (Wildman–Crippen MR) is 76.6 cm³/mol. The quantitative estimate of drug-likeness (QED) is 0.798. The summed E-state index contributed by atoms with van der Waals surface area (Å²) in [7, 11) is 0. The Kier molecular flexibility index (Phi) is 6.13. The van der Waals surface area contributed by atoms with Crippen LogP contribution < -0.4 is 10.2 Å². The van der Waals surface area contributed by atoms with Crippen molar-refractivity contribution in [1.82, 2.24) is 5.32 Å². The van der Waals surface area contributed by atoms with Gasteiger partial charge in [0.2, 0.25) is 0 Å². The van der Waals surface area contributed by atoms with Gasteiger partial charge in [-0.15, -0.1) is 0 Å². The lowest BCUT2D eigenvalue weighted by Crippen LogP contribution is -2.33. The van der Waals surface area contributed by atoms with Gasteiger partial charge in [-0.25, -0.2) is 4.39 Å². The van der Waals surface area contributed by atoms with Gasteiger partial charge in [0.25, 0.3) is 0 Å². The molecule has 3 heteroatoms. The van der Waals surface area contributed by atoms with Crippen LogP contribution in [0.2, 0.25) is 0 Å². The van der Waals surface area contributed by atoms with Crippen LogP contribution in [0, 0.1) is 5.82 Å². The largest absolute Gasteiger partial charge is 0.369 e. The Labute approximate surface area is 110 Å². The average Bonchev–Trinajstić information content (AvgIpc) is 2.38. The van der Waals surface area contributed by atoms with Crippen molar-refractivity contribution in [1.29, 1.82) is 0 Å². The summed E-state index contributed by atoms with van der Waals surface area (Å²) in [6, 6.07) is 5.57. The number of halogens is 1. The van der Waals surface area contributed by atoms with Gasteiger partial charge >= 0.3 is 0 Å². The van der Waals surface area contributed by atoms with Crippen LogP contribution in [0.3, 0.4) is 0 Å². The molecule has 1 atom stereocenters. The first kappa shape index (κ1) is 15.0. The lowest BCUT2D eigenvalue weighted by molar-refractivity contribution is 0.608. The minimum Gasteiger partial charge on any atom is -0.369 e. The smallest absolute Gasteiger partial charge is 0.123 e. The van der Waals surface area contributed by atoms with Gasteiger partial charge in [-0.2, -0.15) is 0 Å². The molecule has 1 aromatic rings. The van der Waals surface area contributed by atoms with E-state index in [0.717, 1.165) is 37.3 Å². The molecular formula is C15H25FN2. The second kappa shape index (κ2) is 7.37. The summed E-state index contributed by atoms with van der Waals surface area (Å²) in [5.74, 6) is -0.160. The summed E-state index contributed by atoms with van der Waals surface area (Å²) in [5.41, 5.74) is 2.19. The first-order valence-corrected chi connectivity index (χ1v) is 6.89. The fourth-order valence-electron chi connectivity index (χ4n) is 2.18. The molecule has 0 radical (unpaired) electrons. The third-order valence-electron chi connectivity index (χ3n) is 3.38. The van der Waals surface area contributed by atoms with E-state index in [-0.39, 0.29) is 5.82 Å². The van der Waals surface area contributed by atoms with Gasteiger partial charge in [0.15, 0.2) is 0 Å². The molecule has 0 fully saturated rings. The van der Waals surface area contributed by atoms with E-state index in [1.807, 2.05) is 6.07 Å². The summed E-state index contributed by atoms with van der Waals surface area (Å²) in [6.07, 6.45) is 1.09. The molecular weight excluding hydrogens is 227 g/mol. The van der Waals surface area contributed by atoms with Crippen molar-refractivity contribution >= 4 is 5.69 Å². The number of anilines is 1. The summed E-state index contributed by atoms with van der Waals surface area (Å²) in [6.45, 7) is 11.2. The second-order valence-corrected chi connectivity index (χ2v) is 4.60. The van der Waals surface area contributed by atoms with E-state index in [4.69, 9.17) is 0 Å². The summed E-state index contributed by atoms with van der Waals surface area (Å²) in [4.78, 5) is 2.34. The third-order valence-corrected chi connectivity index (χ3v) is 3.38. The number of nitrogens with one attached hydrogen (secondary N) is 1. The van der Waals surface area contributed by atoms with Crippen LogP contribution >= 0.6 is 0 Å². The number of rotatable bonds is 7. The normalized spacial score (nSPS) is 12.5. The monoisotopic (exact) mass is 252 g/mol. The molecule has 0 spiro atoms. The first-order valence-electron chi connectivity index (χ1n) is 6.89. The Bertz CT molecular complexity index is 366. The lowest BCUT2D eigenvalue weighted by atomic mass is 10.1. The average molecular weight is 252 g/mol. The van der Waals surface area contributed by atoms with Crippen LogP contribution in [0.5, 0.6) is 0 Å². The first-order chi connectivity index (χ1) is 8.63. The predicted octanol–water partition coefficient (Wildman–Crippen LogP) is 3.56. The van der Waals surface area contributed by atoms with E-state index < -0.39 is 0 Å². The van der Waals surface area contributed by atoms with Crippen molar-refractivity contribution in [3.8, 4) is 0 Å². The second-order valence-electron chi connectivity index (χ2n) is 4.60. The zero-order chi connectivity index (χ0) is 13.5. The molecule has 0 aliphatic carbocycles. The fourth-order valence-corrected chi connectivity index (χ4v) is 2.18. The lowest BCUT2D eigenvalue weighted by Gasteiger charge is -2.31. The zero-order valence-corrected chi connectivity index (χ0v) is 12.0. The minimum absolute atomic E-state index is 0.160. The molecule has 2 nitrogen and oxygen atoms in total. The van der Waals surface area contributed by atoms with Crippen molar-refractivity contribution < 1.29 is 4.39 Å². The molecule has 1 aromatic carbocycles. The highest BCUT2D eigenvalue weighted by Gasteiger charge is 2.15. The molecule has 0 saturated heterocycles. The number of nitrogens with zero attached hydrogens (tertiary/aromatic N) is 1. The molecule has 0 aliphatic heterocycles. The van der Waals surface area contributed by atoms with Gasteiger partial charge in [0.05, 0.1) is 0 Å². The molecule has 102 valence electrons. The molecule has 1 rings (SSSR count). The number of benzene rings is 1. The zero-order valence-electron chi connectivity index (χ0n) is 12.0. The van der Waals surface area contributed by atoms with Crippen LogP contribution in [0.4, 0.5) is 10.1 Å². The Hall–Kier alpha value is -1.09. The Morgan fingerprint density at radius 3 is 2.56 bits per heavy atom. The third kappa shape index (κ3) is 3.70. The van der Waals surface area contributed by atoms with E-state index in [9.17, 15) is 4.39 Å². The molecule has 0 aromatic heterocycles. The number of hydrogen-bond donors (Lipinski definition) is 1.